The first-order valence-corrected chi connectivity index (χ1v) is 6.89. The topological polar surface area (TPSA) is 108 Å². The first kappa shape index (κ1) is 19.2. The third-order valence-corrected chi connectivity index (χ3v) is 2.84. The largest absolute Gasteiger partial charge is 0.481 e. The van der Waals surface area contributed by atoms with Crippen LogP contribution >= 0.6 is 0 Å². The number of rotatable bonds is 10. The minimum Gasteiger partial charge on any atom is -0.481 e. The average molecular weight is 303 g/mol. The predicted octanol–water partition coefficient (Wildman–Crippen LogP) is -0.109. The van der Waals surface area contributed by atoms with Crippen LogP contribution in [-0.4, -0.2) is 68.3 Å². The molecule has 8 nitrogen and oxygen atoms in total. The molecule has 21 heavy (non-hydrogen) atoms. The number of nitrogens with zero attached hydrogens (tertiary/aromatic N) is 1. The molecular weight excluding hydrogens is 278 g/mol. The zero-order chi connectivity index (χ0) is 16.3. The van der Waals surface area contributed by atoms with Crippen molar-refractivity contribution in [2.75, 3.05) is 40.4 Å². The fourth-order valence-electron chi connectivity index (χ4n) is 1.64. The molecular formula is C13H25N3O5. The number of methoxy groups -OCH3 is 1. The first-order chi connectivity index (χ1) is 9.92. The molecule has 1 atom stereocenters. The molecule has 0 saturated heterocycles. The number of carboxylic acids is 1. The van der Waals surface area contributed by atoms with Gasteiger partial charge in [-0.15, -0.1) is 0 Å². The molecule has 8 heteroatoms. The zero-order valence-corrected chi connectivity index (χ0v) is 12.8. The molecule has 0 saturated carbocycles. The lowest BCUT2D eigenvalue weighted by Gasteiger charge is -2.19. The fraction of sp³-hybridized carbons (Fsp3) is 0.769. The average Bonchev–Trinajstić information content (AvgIpc) is 2.42. The van der Waals surface area contributed by atoms with E-state index in [1.807, 2.05) is 6.92 Å². The molecule has 0 aromatic heterocycles. The summed E-state index contributed by atoms with van der Waals surface area (Å²) in [5.74, 6) is -1.84. The number of hydrogen-bond donors (Lipinski definition) is 3. The van der Waals surface area contributed by atoms with Crippen molar-refractivity contribution in [2.45, 2.75) is 19.8 Å². The minimum absolute atomic E-state index is 0.0532. The Labute approximate surface area is 124 Å². The van der Waals surface area contributed by atoms with Crippen molar-refractivity contribution in [2.24, 2.45) is 5.92 Å². The molecule has 0 aliphatic heterocycles. The lowest BCUT2D eigenvalue weighted by molar-refractivity contribution is -0.141. The maximum Gasteiger partial charge on any atom is 0.317 e. The van der Waals surface area contributed by atoms with Gasteiger partial charge < -0.3 is 25.4 Å². The highest BCUT2D eigenvalue weighted by molar-refractivity contribution is 5.84. The van der Waals surface area contributed by atoms with Crippen LogP contribution in [0, 0.1) is 5.92 Å². The monoisotopic (exact) mass is 303 g/mol. The van der Waals surface area contributed by atoms with E-state index in [1.165, 1.54) is 19.1 Å². The maximum atomic E-state index is 11.8. The van der Waals surface area contributed by atoms with Crippen molar-refractivity contribution in [3.63, 3.8) is 0 Å². The van der Waals surface area contributed by atoms with E-state index in [9.17, 15) is 14.4 Å². The number of urea groups is 1. The van der Waals surface area contributed by atoms with Gasteiger partial charge in [-0.1, -0.05) is 13.3 Å². The van der Waals surface area contributed by atoms with Crippen LogP contribution in [0.15, 0.2) is 0 Å². The van der Waals surface area contributed by atoms with Crippen LogP contribution in [0.2, 0.25) is 0 Å². The summed E-state index contributed by atoms with van der Waals surface area (Å²) in [7, 11) is 3.00. The first-order valence-electron chi connectivity index (χ1n) is 6.89. The second-order valence-electron chi connectivity index (χ2n) is 4.71. The third-order valence-electron chi connectivity index (χ3n) is 2.84. The number of nitrogens with one attached hydrogen (secondary N) is 2. The summed E-state index contributed by atoms with van der Waals surface area (Å²) in [4.78, 5) is 35.4. The van der Waals surface area contributed by atoms with Gasteiger partial charge in [-0.25, -0.2) is 4.79 Å². The van der Waals surface area contributed by atoms with Gasteiger partial charge in [0.05, 0.1) is 12.5 Å². The molecule has 0 spiro atoms. The Bertz CT molecular complexity index is 349. The van der Waals surface area contributed by atoms with Gasteiger partial charge in [0.2, 0.25) is 5.91 Å². The van der Waals surface area contributed by atoms with Gasteiger partial charge in [0, 0.05) is 27.2 Å². The van der Waals surface area contributed by atoms with E-state index in [-0.39, 0.29) is 19.0 Å². The van der Waals surface area contributed by atoms with Gasteiger partial charge in [0.1, 0.15) is 6.54 Å². The van der Waals surface area contributed by atoms with E-state index >= 15 is 0 Å². The number of carbonyl (C=O) groups is 3. The van der Waals surface area contributed by atoms with E-state index in [0.717, 1.165) is 6.42 Å². The summed E-state index contributed by atoms with van der Waals surface area (Å²) in [5.41, 5.74) is 0. The molecule has 0 aliphatic rings. The molecule has 0 radical (unpaired) electrons. The molecule has 0 bridgehead atoms. The molecule has 0 aromatic rings. The normalized spacial score (nSPS) is 11.6. The number of carbonyl (C=O) groups excluding carboxylic acids is 2. The molecule has 1 unspecified atom stereocenters. The summed E-state index contributed by atoms with van der Waals surface area (Å²) in [6.07, 6.45) is 1.22. The van der Waals surface area contributed by atoms with Gasteiger partial charge in [-0.2, -0.15) is 0 Å². The third kappa shape index (κ3) is 8.85. The zero-order valence-electron chi connectivity index (χ0n) is 12.8. The summed E-state index contributed by atoms with van der Waals surface area (Å²) >= 11 is 0. The molecule has 3 amide bonds. The van der Waals surface area contributed by atoms with Gasteiger partial charge in [0.25, 0.3) is 0 Å². The van der Waals surface area contributed by atoms with Crippen LogP contribution < -0.4 is 10.6 Å². The summed E-state index contributed by atoms with van der Waals surface area (Å²) < 4.78 is 4.79. The number of hydrogen-bond acceptors (Lipinski definition) is 4. The van der Waals surface area contributed by atoms with E-state index in [1.54, 1.807) is 0 Å². The Balaban J connectivity index is 4.08. The summed E-state index contributed by atoms with van der Waals surface area (Å²) in [6, 6.07) is -0.473. The van der Waals surface area contributed by atoms with Crippen LogP contribution in [0.5, 0.6) is 0 Å². The van der Waals surface area contributed by atoms with E-state index in [4.69, 9.17) is 9.84 Å². The van der Waals surface area contributed by atoms with Crippen LogP contribution in [-0.2, 0) is 14.3 Å². The smallest absolute Gasteiger partial charge is 0.317 e. The number of carboxylic acid groups (broad SMARTS) is 1. The molecule has 0 aromatic carbocycles. The van der Waals surface area contributed by atoms with Crippen LogP contribution in [0.3, 0.4) is 0 Å². The predicted molar refractivity (Wildman–Crippen MR) is 76.9 cm³/mol. The van der Waals surface area contributed by atoms with Crippen molar-refractivity contribution >= 4 is 17.9 Å². The summed E-state index contributed by atoms with van der Waals surface area (Å²) in [5, 5.41) is 14.1. The van der Waals surface area contributed by atoms with E-state index in [2.05, 4.69) is 10.6 Å². The second kappa shape index (κ2) is 10.9. The highest BCUT2D eigenvalue weighted by Gasteiger charge is 2.19. The molecule has 3 N–H and O–H groups in total. The van der Waals surface area contributed by atoms with Crippen molar-refractivity contribution in [3.05, 3.63) is 0 Å². The standard InChI is InChI=1S/C13H25N3O5/c1-4-5-10(12(18)19)8-15-13(20)16(2)9-11(17)14-6-7-21-3/h10H,4-9H2,1-3H3,(H,14,17)(H,15,20)(H,18,19). The summed E-state index contributed by atoms with van der Waals surface area (Å²) in [6.45, 7) is 2.62. The van der Waals surface area contributed by atoms with Gasteiger partial charge in [0.15, 0.2) is 0 Å². The van der Waals surface area contributed by atoms with Gasteiger partial charge in [-0.05, 0) is 6.42 Å². The molecule has 0 aliphatic carbocycles. The Morgan fingerprint density at radius 2 is 1.95 bits per heavy atom. The lowest BCUT2D eigenvalue weighted by atomic mass is 10.0. The van der Waals surface area contributed by atoms with Gasteiger partial charge >= 0.3 is 12.0 Å². The van der Waals surface area contributed by atoms with E-state index < -0.39 is 17.9 Å². The lowest BCUT2D eigenvalue weighted by Crippen LogP contribution is -2.45. The number of aliphatic carboxylic acids is 1. The van der Waals surface area contributed by atoms with Crippen molar-refractivity contribution in [3.8, 4) is 0 Å². The molecule has 122 valence electrons. The SMILES string of the molecule is CCCC(CNC(=O)N(C)CC(=O)NCCOC)C(=O)O. The van der Waals surface area contributed by atoms with Crippen molar-refractivity contribution in [1.82, 2.24) is 15.5 Å². The highest BCUT2D eigenvalue weighted by Crippen LogP contribution is 2.05. The maximum absolute atomic E-state index is 11.8. The number of ether oxygens (including phenoxy) is 1. The minimum atomic E-state index is -0.933. The number of likely N-dealkylation sites (N-methyl/N-ethyl adjacent to an activating group) is 1. The van der Waals surface area contributed by atoms with Crippen LogP contribution in [0.4, 0.5) is 4.79 Å². The Kier molecular flexibility index (Phi) is 9.95. The second-order valence-corrected chi connectivity index (χ2v) is 4.71. The van der Waals surface area contributed by atoms with E-state index in [0.29, 0.717) is 19.6 Å². The molecule has 0 fully saturated rings. The van der Waals surface area contributed by atoms with Gasteiger partial charge in [-0.3, -0.25) is 9.59 Å². The number of amides is 3. The molecule has 0 heterocycles. The Morgan fingerprint density at radius 1 is 1.29 bits per heavy atom. The van der Waals surface area contributed by atoms with Crippen LogP contribution in [0.1, 0.15) is 19.8 Å². The van der Waals surface area contributed by atoms with Crippen molar-refractivity contribution in [1.29, 1.82) is 0 Å². The quantitative estimate of drug-likeness (QED) is 0.488. The highest BCUT2D eigenvalue weighted by atomic mass is 16.5. The fourth-order valence-corrected chi connectivity index (χ4v) is 1.64. The molecule has 0 rings (SSSR count). The van der Waals surface area contributed by atoms with Crippen molar-refractivity contribution < 1.29 is 24.2 Å². The Hall–Kier alpha value is -1.83. The van der Waals surface area contributed by atoms with Crippen LogP contribution in [0.25, 0.3) is 0 Å². The Morgan fingerprint density at radius 3 is 2.48 bits per heavy atom.